The zero-order chi connectivity index (χ0) is 15.1. The molecule has 0 saturated carbocycles. The van der Waals surface area contributed by atoms with Crippen LogP contribution in [0.25, 0.3) is 0 Å². The zero-order valence-electron chi connectivity index (χ0n) is 10.7. The molecule has 3 amide bonds. The van der Waals surface area contributed by atoms with Crippen LogP contribution in [0.1, 0.15) is 25.7 Å². The minimum absolute atomic E-state index is 0.0814. The second-order valence-corrected chi connectivity index (χ2v) is 4.48. The van der Waals surface area contributed by atoms with E-state index in [0.717, 1.165) is 0 Å². The fourth-order valence-corrected chi connectivity index (χ4v) is 1.78. The van der Waals surface area contributed by atoms with E-state index in [2.05, 4.69) is 16.0 Å². The van der Waals surface area contributed by atoms with Crippen molar-refractivity contribution >= 4 is 23.9 Å². The van der Waals surface area contributed by atoms with Gasteiger partial charge in [-0.25, -0.2) is 9.59 Å². The minimum atomic E-state index is -1.30. The molecule has 0 aromatic heterocycles. The van der Waals surface area contributed by atoms with Crippen LogP contribution >= 0.6 is 0 Å². The van der Waals surface area contributed by atoms with Crippen LogP contribution in [0.15, 0.2) is 0 Å². The molecule has 1 unspecified atom stereocenters. The Bertz CT molecular complexity index is 411. The molecule has 20 heavy (non-hydrogen) atoms. The van der Waals surface area contributed by atoms with E-state index in [1.54, 1.807) is 0 Å². The molecule has 1 rings (SSSR count). The van der Waals surface area contributed by atoms with Crippen LogP contribution in [0.2, 0.25) is 0 Å². The predicted octanol–water partition coefficient (Wildman–Crippen LogP) is -1.12. The first-order valence-corrected chi connectivity index (χ1v) is 6.17. The lowest BCUT2D eigenvalue weighted by Gasteiger charge is -2.16. The molecule has 5 N–H and O–H groups in total. The summed E-state index contributed by atoms with van der Waals surface area (Å²) in [4.78, 5) is 43.7. The number of carboxylic acid groups (broad SMARTS) is 2. The molecule has 1 aliphatic heterocycles. The summed E-state index contributed by atoms with van der Waals surface area (Å²) in [6.07, 6.45) is 0.471. The summed E-state index contributed by atoms with van der Waals surface area (Å²) in [5, 5.41) is 24.6. The van der Waals surface area contributed by atoms with Crippen molar-refractivity contribution in [3.8, 4) is 0 Å². The number of hydrogen-bond acceptors (Lipinski definition) is 4. The largest absolute Gasteiger partial charge is 0.481 e. The number of nitrogens with one attached hydrogen (secondary N) is 3. The Morgan fingerprint density at radius 3 is 2.55 bits per heavy atom. The van der Waals surface area contributed by atoms with Gasteiger partial charge in [0.1, 0.15) is 6.04 Å². The van der Waals surface area contributed by atoms with Gasteiger partial charge in [0, 0.05) is 25.4 Å². The van der Waals surface area contributed by atoms with Gasteiger partial charge in [-0.3, -0.25) is 9.59 Å². The standard InChI is InChI=1S/C11H17N3O6/c15-8-3-1-6(13-8)5-12-11(20)14-7(10(18)19)2-4-9(16)17/h6-7H,1-5H2,(H,13,15)(H,16,17)(H,18,19)(H2,12,14,20)/t6?,7-/m0/s1. The molecule has 9 nitrogen and oxygen atoms in total. The van der Waals surface area contributed by atoms with Gasteiger partial charge >= 0.3 is 18.0 Å². The molecule has 9 heteroatoms. The molecule has 0 aliphatic carbocycles. The predicted molar refractivity (Wildman–Crippen MR) is 66.0 cm³/mol. The van der Waals surface area contributed by atoms with Gasteiger partial charge in [-0.2, -0.15) is 0 Å². The van der Waals surface area contributed by atoms with Crippen molar-refractivity contribution in [3.63, 3.8) is 0 Å². The van der Waals surface area contributed by atoms with Crippen molar-refractivity contribution in [3.05, 3.63) is 0 Å². The molecule has 112 valence electrons. The summed E-state index contributed by atoms with van der Waals surface area (Å²) in [6.45, 7) is 0.197. The fraction of sp³-hybridized carbons (Fsp3) is 0.636. The first kappa shape index (κ1) is 15.7. The maximum Gasteiger partial charge on any atom is 0.326 e. The van der Waals surface area contributed by atoms with Gasteiger partial charge in [0.15, 0.2) is 0 Å². The van der Waals surface area contributed by atoms with Gasteiger partial charge in [-0.15, -0.1) is 0 Å². The molecule has 1 aliphatic rings. The lowest BCUT2D eigenvalue weighted by molar-refractivity contribution is -0.140. The SMILES string of the molecule is O=C(O)CC[C@H](NC(=O)NCC1CCC(=O)N1)C(=O)O. The number of rotatable bonds is 7. The Morgan fingerprint density at radius 1 is 1.35 bits per heavy atom. The molecule has 0 spiro atoms. The summed E-state index contributed by atoms with van der Waals surface area (Å²) in [7, 11) is 0. The summed E-state index contributed by atoms with van der Waals surface area (Å²) in [5.74, 6) is -2.51. The van der Waals surface area contributed by atoms with E-state index in [-0.39, 0.29) is 31.3 Å². The maximum atomic E-state index is 11.5. The molecule has 0 aromatic carbocycles. The van der Waals surface area contributed by atoms with Crippen LogP contribution in [-0.4, -0.2) is 52.7 Å². The third kappa shape index (κ3) is 5.55. The highest BCUT2D eigenvalue weighted by Gasteiger charge is 2.23. The van der Waals surface area contributed by atoms with Crippen molar-refractivity contribution in [2.24, 2.45) is 0 Å². The van der Waals surface area contributed by atoms with Crippen LogP contribution < -0.4 is 16.0 Å². The lowest BCUT2D eigenvalue weighted by atomic mass is 10.1. The molecule has 1 heterocycles. The summed E-state index contributed by atoms with van der Waals surface area (Å²) in [5.41, 5.74) is 0. The first-order chi connectivity index (χ1) is 9.38. The van der Waals surface area contributed by atoms with Crippen molar-refractivity contribution < 1.29 is 29.4 Å². The van der Waals surface area contributed by atoms with Crippen LogP contribution in [0, 0.1) is 0 Å². The second kappa shape index (κ2) is 7.31. The van der Waals surface area contributed by atoms with Crippen LogP contribution in [0.3, 0.4) is 0 Å². The van der Waals surface area contributed by atoms with Crippen molar-refractivity contribution in [2.45, 2.75) is 37.8 Å². The van der Waals surface area contributed by atoms with E-state index in [1.165, 1.54) is 0 Å². The Labute approximate surface area is 114 Å². The monoisotopic (exact) mass is 287 g/mol. The molecular weight excluding hydrogens is 270 g/mol. The third-order valence-corrected chi connectivity index (χ3v) is 2.84. The Balaban J connectivity index is 2.32. The molecule has 0 aromatic rings. The van der Waals surface area contributed by atoms with E-state index in [1.807, 2.05) is 0 Å². The van der Waals surface area contributed by atoms with Gasteiger partial charge in [-0.1, -0.05) is 0 Å². The van der Waals surface area contributed by atoms with E-state index in [4.69, 9.17) is 10.2 Å². The summed E-state index contributed by atoms with van der Waals surface area (Å²) < 4.78 is 0. The Kier molecular flexibility index (Phi) is 5.75. The van der Waals surface area contributed by atoms with Crippen LogP contribution in [-0.2, 0) is 14.4 Å². The molecule has 0 bridgehead atoms. The van der Waals surface area contributed by atoms with Gasteiger partial charge < -0.3 is 26.2 Å². The number of carbonyl (C=O) groups is 4. The van der Waals surface area contributed by atoms with Crippen molar-refractivity contribution in [1.82, 2.24) is 16.0 Å². The molecule has 2 atom stereocenters. The highest BCUT2D eigenvalue weighted by atomic mass is 16.4. The number of amides is 3. The first-order valence-electron chi connectivity index (χ1n) is 6.17. The topological polar surface area (TPSA) is 145 Å². The molecule has 1 saturated heterocycles. The van der Waals surface area contributed by atoms with Crippen molar-refractivity contribution in [2.75, 3.05) is 6.54 Å². The minimum Gasteiger partial charge on any atom is -0.481 e. The maximum absolute atomic E-state index is 11.5. The zero-order valence-corrected chi connectivity index (χ0v) is 10.7. The number of carboxylic acids is 2. The molecule has 0 radical (unpaired) electrons. The molecular formula is C11H17N3O6. The smallest absolute Gasteiger partial charge is 0.326 e. The average molecular weight is 287 g/mol. The Morgan fingerprint density at radius 2 is 2.05 bits per heavy atom. The van der Waals surface area contributed by atoms with E-state index >= 15 is 0 Å². The van der Waals surface area contributed by atoms with Gasteiger partial charge in [0.2, 0.25) is 5.91 Å². The highest BCUT2D eigenvalue weighted by Crippen LogP contribution is 2.05. The van der Waals surface area contributed by atoms with E-state index in [9.17, 15) is 19.2 Å². The third-order valence-electron chi connectivity index (χ3n) is 2.84. The highest BCUT2D eigenvalue weighted by molar-refractivity contribution is 5.83. The van der Waals surface area contributed by atoms with E-state index < -0.39 is 24.0 Å². The number of carbonyl (C=O) groups excluding carboxylic acids is 2. The van der Waals surface area contributed by atoms with Gasteiger partial charge in [0.05, 0.1) is 0 Å². The number of aliphatic carboxylic acids is 2. The normalized spacial score (nSPS) is 19.0. The average Bonchev–Trinajstić information content (AvgIpc) is 2.77. The second-order valence-electron chi connectivity index (χ2n) is 4.48. The summed E-state index contributed by atoms with van der Waals surface area (Å²) >= 11 is 0. The quantitative estimate of drug-likeness (QED) is 0.401. The van der Waals surface area contributed by atoms with Gasteiger partial charge in [-0.05, 0) is 12.8 Å². The van der Waals surface area contributed by atoms with Gasteiger partial charge in [0.25, 0.3) is 0 Å². The lowest BCUT2D eigenvalue weighted by Crippen LogP contribution is -2.49. The fourth-order valence-electron chi connectivity index (χ4n) is 1.78. The number of urea groups is 1. The Hall–Kier alpha value is -2.32. The summed E-state index contributed by atoms with van der Waals surface area (Å²) in [6, 6.07) is -2.12. The van der Waals surface area contributed by atoms with E-state index in [0.29, 0.717) is 12.8 Å². The van der Waals surface area contributed by atoms with Crippen LogP contribution in [0.5, 0.6) is 0 Å². The van der Waals surface area contributed by atoms with Crippen LogP contribution in [0.4, 0.5) is 4.79 Å². The van der Waals surface area contributed by atoms with Crippen molar-refractivity contribution in [1.29, 1.82) is 0 Å². The number of hydrogen-bond donors (Lipinski definition) is 5. The molecule has 1 fully saturated rings.